The van der Waals surface area contributed by atoms with Crippen molar-refractivity contribution < 1.29 is 17.6 Å². The fraction of sp³-hybridized carbons (Fsp3) is 0.429. The van der Waals surface area contributed by atoms with E-state index in [-0.39, 0.29) is 21.9 Å². The van der Waals surface area contributed by atoms with Gasteiger partial charge in [-0.3, -0.25) is 4.79 Å². The molecule has 0 atom stereocenters. The highest BCUT2D eigenvalue weighted by Crippen LogP contribution is 2.46. The van der Waals surface area contributed by atoms with Crippen molar-refractivity contribution in [1.82, 2.24) is 10.3 Å². The topological polar surface area (TPSA) is 92.2 Å². The molecule has 22 heavy (non-hydrogen) atoms. The molecule has 1 fully saturated rings. The molecule has 6 nitrogen and oxygen atoms in total. The minimum absolute atomic E-state index is 0.117. The number of aromatic nitrogens is 1. The van der Waals surface area contributed by atoms with Gasteiger partial charge in [0.05, 0.1) is 11.3 Å². The highest BCUT2D eigenvalue weighted by Gasteiger charge is 2.45. The van der Waals surface area contributed by atoms with E-state index in [0.717, 1.165) is 18.4 Å². The van der Waals surface area contributed by atoms with Gasteiger partial charge >= 0.3 is 0 Å². The molecule has 1 aromatic carbocycles. The molecule has 0 bridgehead atoms. The molecule has 3 rings (SSSR count). The second-order valence-corrected chi connectivity index (χ2v) is 8.49. The number of H-pyrrole nitrogens is 1. The van der Waals surface area contributed by atoms with E-state index < -0.39 is 9.84 Å². The zero-order valence-electron chi connectivity index (χ0n) is 12.0. The molecule has 1 amide bonds. The number of hydrogen-bond acceptors (Lipinski definition) is 5. The molecule has 118 valence electrons. The highest BCUT2D eigenvalue weighted by atomic mass is 32.2. The Morgan fingerprint density at radius 2 is 2.18 bits per heavy atom. The van der Waals surface area contributed by atoms with Gasteiger partial charge in [0.1, 0.15) is 9.84 Å². The molecule has 0 spiro atoms. The Labute approximate surface area is 132 Å². The summed E-state index contributed by atoms with van der Waals surface area (Å²) in [5.74, 6) is -0.129. The van der Waals surface area contributed by atoms with E-state index in [4.69, 9.17) is 16.6 Å². The predicted octanol–water partition coefficient (Wildman–Crippen LogP) is 2.04. The molecule has 1 aliphatic rings. The first-order chi connectivity index (χ1) is 10.3. The Kier molecular flexibility index (Phi) is 3.60. The van der Waals surface area contributed by atoms with Crippen molar-refractivity contribution in [3.8, 4) is 0 Å². The molecule has 8 heteroatoms. The van der Waals surface area contributed by atoms with Crippen LogP contribution in [0.4, 0.5) is 0 Å². The molecule has 0 aliphatic heterocycles. The van der Waals surface area contributed by atoms with Crippen LogP contribution >= 0.6 is 12.2 Å². The first-order valence-electron chi connectivity index (χ1n) is 6.85. The molecule has 2 N–H and O–H groups in total. The van der Waals surface area contributed by atoms with Crippen LogP contribution in [0.1, 0.15) is 23.2 Å². The van der Waals surface area contributed by atoms with Crippen LogP contribution in [0.2, 0.25) is 0 Å². The first kappa shape index (κ1) is 15.2. The molecule has 0 unspecified atom stereocenters. The van der Waals surface area contributed by atoms with Crippen LogP contribution in [-0.4, -0.2) is 37.9 Å². The van der Waals surface area contributed by atoms with Gasteiger partial charge < -0.3 is 14.7 Å². The van der Waals surface area contributed by atoms with Crippen LogP contribution in [-0.2, 0) is 9.84 Å². The summed E-state index contributed by atoms with van der Waals surface area (Å²) in [5, 5.41) is 2.81. The van der Waals surface area contributed by atoms with Gasteiger partial charge in [-0.15, -0.1) is 0 Å². The van der Waals surface area contributed by atoms with Crippen molar-refractivity contribution in [3.05, 3.63) is 28.6 Å². The summed E-state index contributed by atoms with van der Waals surface area (Å²) in [4.78, 5) is 15.3. The van der Waals surface area contributed by atoms with E-state index >= 15 is 0 Å². The maximum Gasteiger partial charge on any atom is 0.266 e. The van der Waals surface area contributed by atoms with Gasteiger partial charge in [0.25, 0.3) is 10.7 Å². The number of rotatable bonds is 5. The maximum atomic E-state index is 12.2. The summed E-state index contributed by atoms with van der Waals surface area (Å²) < 4.78 is 28.1. The Morgan fingerprint density at radius 1 is 1.45 bits per heavy atom. The highest BCUT2D eigenvalue weighted by molar-refractivity contribution is 7.90. The van der Waals surface area contributed by atoms with Gasteiger partial charge in [0.15, 0.2) is 5.58 Å². The number of hydrogen-bond donors (Lipinski definition) is 2. The lowest BCUT2D eigenvalue weighted by Gasteiger charge is -2.14. The van der Waals surface area contributed by atoms with Crippen molar-refractivity contribution in [1.29, 1.82) is 0 Å². The quantitative estimate of drug-likeness (QED) is 0.813. The summed E-state index contributed by atoms with van der Waals surface area (Å²) in [7, 11) is -3.04. The van der Waals surface area contributed by atoms with Crippen molar-refractivity contribution in [3.63, 3.8) is 0 Å². The average Bonchev–Trinajstić information content (AvgIpc) is 3.05. The predicted molar refractivity (Wildman–Crippen MR) is 85.1 cm³/mol. The summed E-state index contributed by atoms with van der Waals surface area (Å²) in [6, 6.07) is 5.02. The van der Waals surface area contributed by atoms with E-state index in [0.29, 0.717) is 17.7 Å². The Hall–Kier alpha value is -1.67. The van der Waals surface area contributed by atoms with Crippen LogP contribution in [0, 0.1) is 10.3 Å². The lowest BCUT2D eigenvalue weighted by molar-refractivity contribution is 0.0946. The van der Waals surface area contributed by atoms with Crippen LogP contribution in [0.3, 0.4) is 0 Å². The number of nitrogens with one attached hydrogen (secondary N) is 2. The largest absolute Gasteiger partial charge is 0.429 e. The van der Waals surface area contributed by atoms with Gasteiger partial charge in [0, 0.05) is 23.8 Å². The Balaban J connectivity index is 1.70. The third-order valence-corrected chi connectivity index (χ3v) is 5.15. The molecule has 1 heterocycles. The smallest absolute Gasteiger partial charge is 0.266 e. The molecule has 1 aromatic heterocycles. The van der Waals surface area contributed by atoms with Crippen LogP contribution < -0.4 is 5.32 Å². The number of fused-ring (bicyclic) bond motifs is 1. The van der Waals surface area contributed by atoms with Crippen molar-refractivity contribution in [2.75, 3.05) is 18.6 Å². The fourth-order valence-corrected chi connectivity index (χ4v) is 4.26. The Morgan fingerprint density at radius 3 is 2.82 bits per heavy atom. The zero-order chi connectivity index (χ0) is 16.0. The number of carbonyl (C=O) groups excluding carboxylic acids is 1. The number of aromatic amines is 1. The Bertz CT molecular complexity index is 891. The molecule has 0 radical (unpaired) electrons. The van der Waals surface area contributed by atoms with Crippen molar-refractivity contribution in [2.24, 2.45) is 5.41 Å². The molecular weight excluding hydrogens is 324 g/mol. The molecule has 1 saturated carbocycles. The average molecular weight is 340 g/mol. The minimum Gasteiger partial charge on any atom is -0.429 e. The molecule has 0 saturated heterocycles. The number of carbonyl (C=O) groups is 1. The molecular formula is C14H16N2O4S2. The zero-order valence-corrected chi connectivity index (χ0v) is 13.6. The van der Waals surface area contributed by atoms with E-state index in [1.807, 2.05) is 0 Å². The van der Waals surface area contributed by atoms with Crippen molar-refractivity contribution in [2.45, 2.75) is 12.8 Å². The van der Waals surface area contributed by atoms with Gasteiger partial charge in [-0.2, -0.15) is 0 Å². The first-order valence-corrected chi connectivity index (χ1v) is 9.32. The lowest BCUT2D eigenvalue weighted by Crippen LogP contribution is -2.33. The number of oxazole rings is 1. The second-order valence-electron chi connectivity index (χ2n) is 5.98. The summed E-state index contributed by atoms with van der Waals surface area (Å²) >= 11 is 4.90. The molecule has 2 aromatic rings. The third kappa shape index (κ3) is 3.38. The second kappa shape index (κ2) is 5.20. The number of amides is 1. The van der Waals surface area contributed by atoms with Crippen molar-refractivity contribution >= 4 is 39.1 Å². The molecule has 1 aliphatic carbocycles. The van der Waals surface area contributed by atoms with Crippen LogP contribution in [0.15, 0.2) is 22.6 Å². The monoisotopic (exact) mass is 340 g/mol. The summed E-state index contributed by atoms with van der Waals surface area (Å²) in [6.07, 6.45) is 2.88. The standard InChI is InChI=1S/C14H16N2O4S2/c1-22(18,19)8-14(4-5-14)7-15-12(17)9-2-3-10-11(6-9)20-13(21)16-10/h2-3,6H,4-5,7-8H2,1H3,(H,15,17)(H,16,21). The number of sulfone groups is 1. The SMILES string of the molecule is CS(=O)(=O)CC1(CNC(=O)c2ccc3[nH]c(=S)oc3c2)CC1. The van der Waals surface area contributed by atoms with Gasteiger partial charge in [-0.25, -0.2) is 8.42 Å². The third-order valence-electron chi connectivity index (χ3n) is 3.83. The minimum atomic E-state index is -3.04. The lowest BCUT2D eigenvalue weighted by atomic mass is 10.1. The van der Waals surface area contributed by atoms with Gasteiger partial charge in [0.2, 0.25) is 0 Å². The van der Waals surface area contributed by atoms with E-state index in [9.17, 15) is 13.2 Å². The van der Waals surface area contributed by atoms with E-state index in [1.165, 1.54) is 6.26 Å². The number of benzene rings is 1. The normalized spacial score (nSPS) is 16.6. The fourth-order valence-electron chi connectivity index (χ4n) is 2.56. The maximum absolute atomic E-state index is 12.2. The van der Waals surface area contributed by atoms with E-state index in [1.54, 1.807) is 18.2 Å². The van der Waals surface area contributed by atoms with Gasteiger partial charge in [-0.1, -0.05) is 0 Å². The van der Waals surface area contributed by atoms with Crippen LogP contribution in [0.25, 0.3) is 11.1 Å². The van der Waals surface area contributed by atoms with E-state index in [2.05, 4.69) is 10.3 Å². The van der Waals surface area contributed by atoms with Gasteiger partial charge in [-0.05, 0) is 43.3 Å². The summed E-state index contributed by atoms with van der Waals surface area (Å²) in [5.41, 5.74) is 1.42. The van der Waals surface area contributed by atoms with Crippen LogP contribution in [0.5, 0.6) is 0 Å². The summed E-state index contributed by atoms with van der Waals surface area (Å²) in [6.45, 7) is 0.369.